The van der Waals surface area contributed by atoms with Crippen molar-refractivity contribution in [1.29, 1.82) is 0 Å². The third-order valence-corrected chi connectivity index (χ3v) is 4.09. The molecule has 6 nitrogen and oxygen atoms in total. The maximum absolute atomic E-state index is 12.8. The fourth-order valence-corrected chi connectivity index (χ4v) is 2.99. The molecule has 2 amide bonds. The van der Waals surface area contributed by atoms with Gasteiger partial charge in [0.1, 0.15) is 0 Å². The van der Waals surface area contributed by atoms with Crippen LogP contribution in [0.25, 0.3) is 5.52 Å². The minimum absolute atomic E-state index is 0.106. The van der Waals surface area contributed by atoms with E-state index in [2.05, 4.69) is 10.3 Å². The van der Waals surface area contributed by atoms with E-state index in [9.17, 15) is 9.59 Å². The molecule has 3 rings (SSSR count). The van der Waals surface area contributed by atoms with Crippen LogP contribution < -0.4 is 5.32 Å². The van der Waals surface area contributed by atoms with Crippen molar-refractivity contribution >= 4 is 17.3 Å². The highest BCUT2D eigenvalue weighted by molar-refractivity contribution is 6.02. The molecule has 0 atom stereocenters. The first kappa shape index (κ1) is 16.5. The Balaban J connectivity index is 2.00. The van der Waals surface area contributed by atoms with Crippen LogP contribution in [0.15, 0.2) is 24.4 Å². The van der Waals surface area contributed by atoms with Gasteiger partial charge in [0.25, 0.3) is 11.8 Å². The lowest BCUT2D eigenvalue weighted by molar-refractivity contribution is 0.0711. The van der Waals surface area contributed by atoms with Crippen molar-refractivity contribution in [1.82, 2.24) is 19.6 Å². The molecule has 1 saturated heterocycles. The second-order valence-corrected chi connectivity index (χ2v) is 7.30. The fraction of sp³-hybridized carbons (Fsp3) is 0.500. The summed E-state index contributed by atoms with van der Waals surface area (Å²) in [6.07, 6.45) is 4.98. The van der Waals surface area contributed by atoms with Crippen LogP contribution in [-0.2, 0) is 0 Å². The number of rotatable bonds is 2. The molecule has 3 heterocycles. The fourth-order valence-electron chi connectivity index (χ4n) is 2.99. The zero-order valence-electron chi connectivity index (χ0n) is 14.5. The van der Waals surface area contributed by atoms with E-state index in [1.165, 1.54) is 0 Å². The highest BCUT2D eigenvalue weighted by atomic mass is 16.2. The molecule has 0 saturated carbocycles. The van der Waals surface area contributed by atoms with Gasteiger partial charge in [-0.25, -0.2) is 4.98 Å². The van der Waals surface area contributed by atoms with Crippen molar-refractivity contribution in [3.63, 3.8) is 0 Å². The van der Waals surface area contributed by atoms with Crippen LogP contribution in [0.2, 0.25) is 0 Å². The second-order valence-electron chi connectivity index (χ2n) is 7.30. The zero-order chi connectivity index (χ0) is 17.3. The van der Waals surface area contributed by atoms with E-state index in [0.717, 1.165) is 32.4 Å². The summed E-state index contributed by atoms with van der Waals surface area (Å²) in [5, 5.41) is 2.92. The number of piperidine rings is 1. The van der Waals surface area contributed by atoms with Gasteiger partial charge in [-0.05, 0) is 52.2 Å². The number of imidazole rings is 1. The van der Waals surface area contributed by atoms with Crippen LogP contribution in [0, 0.1) is 0 Å². The third kappa shape index (κ3) is 3.27. The molecule has 0 radical (unpaired) electrons. The van der Waals surface area contributed by atoms with Gasteiger partial charge in [-0.15, -0.1) is 0 Å². The Morgan fingerprint density at radius 3 is 2.50 bits per heavy atom. The highest BCUT2D eigenvalue weighted by Crippen LogP contribution is 2.18. The molecule has 2 aromatic rings. The van der Waals surface area contributed by atoms with E-state index in [1.807, 2.05) is 43.9 Å². The zero-order valence-corrected chi connectivity index (χ0v) is 14.5. The highest BCUT2D eigenvalue weighted by Gasteiger charge is 2.27. The smallest absolute Gasteiger partial charge is 0.290 e. The first-order valence-electron chi connectivity index (χ1n) is 8.46. The number of carbonyl (C=O) groups is 2. The van der Waals surface area contributed by atoms with Crippen LogP contribution in [-0.4, -0.2) is 44.7 Å². The van der Waals surface area contributed by atoms with Gasteiger partial charge in [-0.2, -0.15) is 0 Å². The summed E-state index contributed by atoms with van der Waals surface area (Å²) < 4.78 is 1.72. The number of likely N-dealkylation sites (tertiary alicyclic amines) is 1. The Labute approximate surface area is 141 Å². The number of nitrogens with one attached hydrogen (secondary N) is 1. The van der Waals surface area contributed by atoms with Gasteiger partial charge in [0.05, 0.1) is 5.52 Å². The number of fused-ring (bicyclic) bond motifs is 1. The molecule has 1 N–H and O–H groups in total. The number of hydrogen-bond acceptors (Lipinski definition) is 3. The van der Waals surface area contributed by atoms with E-state index in [-0.39, 0.29) is 17.4 Å². The van der Waals surface area contributed by atoms with E-state index < -0.39 is 0 Å². The van der Waals surface area contributed by atoms with Gasteiger partial charge >= 0.3 is 0 Å². The van der Waals surface area contributed by atoms with Crippen LogP contribution >= 0.6 is 0 Å². The van der Waals surface area contributed by atoms with Crippen molar-refractivity contribution < 1.29 is 9.59 Å². The Morgan fingerprint density at radius 1 is 1.12 bits per heavy atom. The molecule has 0 aliphatic carbocycles. The van der Waals surface area contributed by atoms with Crippen molar-refractivity contribution in [2.45, 2.75) is 45.6 Å². The van der Waals surface area contributed by atoms with Crippen LogP contribution in [0.4, 0.5) is 0 Å². The summed E-state index contributed by atoms with van der Waals surface area (Å²) in [4.78, 5) is 31.7. The average molecular weight is 328 g/mol. The summed E-state index contributed by atoms with van der Waals surface area (Å²) in [6, 6.07) is 5.50. The van der Waals surface area contributed by atoms with E-state index in [4.69, 9.17) is 0 Å². The lowest BCUT2D eigenvalue weighted by atomic mass is 10.1. The third-order valence-electron chi connectivity index (χ3n) is 4.09. The maximum Gasteiger partial charge on any atom is 0.290 e. The van der Waals surface area contributed by atoms with Gasteiger partial charge in [-0.1, -0.05) is 6.07 Å². The lowest BCUT2D eigenvalue weighted by Crippen LogP contribution is -2.41. The number of carbonyl (C=O) groups excluding carboxylic acids is 2. The van der Waals surface area contributed by atoms with Gasteiger partial charge in [0, 0.05) is 24.8 Å². The molecule has 0 bridgehead atoms. The summed E-state index contributed by atoms with van der Waals surface area (Å²) in [5.74, 6) is -0.0545. The summed E-state index contributed by atoms with van der Waals surface area (Å²) in [7, 11) is 0. The largest absolute Gasteiger partial charge is 0.346 e. The molecule has 6 heteroatoms. The number of pyridine rings is 1. The quantitative estimate of drug-likeness (QED) is 0.921. The van der Waals surface area contributed by atoms with Crippen molar-refractivity contribution in [3.05, 3.63) is 35.9 Å². The van der Waals surface area contributed by atoms with Crippen molar-refractivity contribution in [2.75, 3.05) is 13.1 Å². The maximum atomic E-state index is 12.8. The molecular weight excluding hydrogens is 304 g/mol. The Morgan fingerprint density at radius 2 is 1.83 bits per heavy atom. The Bertz CT molecular complexity index is 767. The summed E-state index contributed by atoms with van der Waals surface area (Å²) >= 11 is 0. The molecule has 128 valence electrons. The molecule has 1 fully saturated rings. The minimum Gasteiger partial charge on any atom is -0.346 e. The Kier molecular flexibility index (Phi) is 4.30. The molecular formula is C18H24N4O2. The van der Waals surface area contributed by atoms with Gasteiger partial charge in [0.15, 0.2) is 5.69 Å². The monoisotopic (exact) mass is 328 g/mol. The van der Waals surface area contributed by atoms with Crippen LogP contribution in [0.1, 0.15) is 61.1 Å². The SMILES string of the molecule is CC(C)(C)NC(=O)c1nc(C(=O)N2CCCCC2)n2ccccc12. The summed E-state index contributed by atoms with van der Waals surface area (Å²) in [6.45, 7) is 7.27. The number of aromatic nitrogens is 2. The van der Waals surface area contributed by atoms with Gasteiger partial charge in [-0.3, -0.25) is 14.0 Å². The number of hydrogen-bond donors (Lipinski definition) is 1. The number of amides is 2. The second kappa shape index (κ2) is 6.26. The lowest BCUT2D eigenvalue weighted by Gasteiger charge is -2.25. The van der Waals surface area contributed by atoms with E-state index in [0.29, 0.717) is 17.0 Å². The molecule has 1 aliphatic rings. The normalized spacial score (nSPS) is 15.5. The van der Waals surface area contributed by atoms with E-state index >= 15 is 0 Å². The standard InChI is InChI=1S/C18H24N4O2/c1-18(2,3)20-16(23)14-13-9-5-8-12-22(13)15(19-14)17(24)21-10-6-4-7-11-21/h5,8-9,12H,4,6-7,10-11H2,1-3H3,(H,20,23). The van der Waals surface area contributed by atoms with Crippen molar-refractivity contribution in [3.8, 4) is 0 Å². The predicted molar refractivity (Wildman–Crippen MR) is 92.2 cm³/mol. The molecule has 24 heavy (non-hydrogen) atoms. The van der Waals surface area contributed by atoms with Gasteiger partial charge < -0.3 is 10.2 Å². The molecule has 2 aromatic heterocycles. The van der Waals surface area contributed by atoms with Crippen molar-refractivity contribution in [2.24, 2.45) is 0 Å². The number of nitrogens with zero attached hydrogens (tertiary/aromatic N) is 3. The van der Waals surface area contributed by atoms with Crippen LogP contribution in [0.3, 0.4) is 0 Å². The average Bonchev–Trinajstić information content (AvgIpc) is 2.93. The first-order chi connectivity index (χ1) is 11.4. The predicted octanol–water partition coefficient (Wildman–Crippen LogP) is 2.49. The molecule has 1 aliphatic heterocycles. The van der Waals surface area contributed by atoms with E-state index in [1.54, 1.807) is 10.6 Å². The topological polar surface area (TPSA) is 66.7 Å². The Hall–Kier alpha value is -2.37. The van der Waals surface area contributed by atoms with Crippen LogP contribution in [0.5, 0.6) is 0 Å². The molecule has 0 unspecified atom stereocenters. The molecule has 0 aromatic carbocycles. The molecule has 0 spiro atoms. The minimum atomic E-state index is -0.362. The summed E-state index contributed by atoms with van der Waals surface area (Å²) in [5.41, 5.74) is 0.587. The van der Waals surface area contributed by atoms with Gasteiger partial charge in [0.2, 0.25) is 5.82 Å². The first-order valence-corrected chi connectivity index (χ1v) is 8.46.